The average Bonchev–Trinajstić information content (AvgIpc) is 2.25. The van der Waals surface area contributed by atoms with Gasteiger partial charge in [-0.2, -0.15) is 0 Å². The van der Waals surface area contributed by atoms with Gasteiger partial charge < -0.3 is 15.3 Å². The molecule has 0 bridgehead atoms. The number of rotatable bonds is 5. The van der Waals surface area contributed by atoms with Crippen molar-refractivity contribution in [2.45, 2.75) is 19.4 Å². The van der Waals surface area contributed by atoms with E-state index in [-0.39, 0.29) is 0 Å². The lowest BCUT2D eigenvalue weighted by Gasteiger charge is -2.17. The molecule has 0 saturated heterocycles. The predicted octanol–water partition coefficient (Wildman–Crippen LogP) is 2.03. The van der Waals surface area contributed by atoms with E-state index in [1.165, 1.54) is 0 Å². The van der Waals surface area contributed by atoms with Crippen LogP contribution in [0.15, 0.2) is 24.3 Å². The van der Waals surface area contributed by atoms with Crippen molar-refractivity contribution in [1.82, 2.24) is 0 Å². The summed E-state index contributed by atoms with van der Waals surface area (Å²) in [5, 5.41) is 11.9. The van der Waals surface area contributed by atoms with Gasteiger partial charge in [0.2, 0.25) is 0 Å². The summed E-state index contributed by atoms with van der Waals surface area (Å²) in [6.07, 6.45) is 0.557. The average molecular weight is 222 g/mol. The minimum atomic E-state index is -0.822. The van der Waals surface area contributed by atoms with E-state index in [9.17, 15) is 4.79 Å². The summed E-state index contributed by atoms with van der Waals surface area (Å²) in [5.74, 6) is -0.822. The summed E-state index contributed by atoms with van der Waals surface area (Å²) < 4.78 is 0. The standard InChI is InChI=1S/C12H18N2O2/c1-4-11(12(15)16)13-9-6-5-7-10(8-9)14(2)3/h5-8,11,13H,4H2,1-3H3,(H,15,16). The van der Waals surface area contributed by atoms with Crippen LogP contribution in [0.1, 0.15) is 13.3 Å². The van der Waals surface area contributed by atoms with E-state index in [4.69, 9.17) is 5.11 Å². The van der Waals surface area contributed by atoms with Gasteiger partial charge in [0, 0.05) is 25.5 Å². The van der Waals surface area contributed by atoms with Gasteiger partial charge in [-0.15, -0.1) is 0 Å². The van der Waals surface area contributed by atoms with E-state index in [0.717, 1.165) is 11.4 Å². The van der Waals surface area contributed by atoms with Gasteiger partial charge in [0.1, 0.15) is 6.04 Å². The van der Waals surface area contributed by atoms with Gasteiger partial charge in [-0.1, -0.05) is 13.0 Å². The molecule has 0 aliphatic carbocycles. The first kappa shape index (κ1) is 12.4. The van der Waals surface area contributed by atoms with Gasteiger partial charge in [-0.25, -0.2) is 4.79 Å². The molecule has 1 atom stereocenters. The Morgan fingerprint density at radius 2 is 2.19 bits per heavy atom. The highest BCUT2D eigenvalue weighted by atomic mass is 16.4. The second-order valence-corrected chi connectivity index (χ2v) is 3.89. The topological polar surface area (TPSA) is 52.6 Å². The van der Waals surface area contributed by atoms with Crippen molar-refractivity contribution in [2.75, 3.05) is 24.3 Å². The van der Waals surface area contributed by atoms with Crippen molar-refractivity contribution in [3.63, 3.8) is 0 Å². The van der Waals surface area contributed by atoms with Crippen LogP contribution in [0.25, 0.3) is 0 Å². The third-order valence-electron chi connectivity index (χ3n) is 2.41. The molecule has 2 N–H and O–H groups in total. The smallest absolute Gasteiger partial charge is 0.326 e. The SMILES string of the molecule is CCC(Nc1cccc(N(C)C)c1)C(=O)O. The second kappa shape index (κ2) is 5.39. The molecular weight excluding hydrogens is 204 g/mol. The quantitative estimate of drug-likeness (QED) is 0.800. The Bertz CT molecular complexity index is 364. The summed E-state index contributed by atoms with van der Waals surface area (Å²) in [4.78, 5) is 12.9. The van der Waals surface area contributed by atoms with Crippen molar-refractivity contribution in [3.05, 3.63) is 24.3 Å². The minimum absolute atomic E-state index is 0.530. The molecule has 1 rings (SSSR count). The molecule has 1 aromatic carbocycles. The van der Waals surface area contributed by atoms with Gasteiger partial charge in [-0.3, -0.25) is 0 Å². The number of hydrogen-bond donors (Lipinski definition) is 2. The number of nitrogens with one attached hydrogen (secondary N) is 1. The number of carbonyl (C=O) groups is 1. The fourth-order valence-corrected chi connectivity index (χ4v) is 1.41. The molecule has 4 nitrogen and oxygen atoms in total. The lowest BCUT2D eigenvalue weighted by atomic mass is 10.2. The molecule has 1 aromatic rings. The largest absolute Gasteiger partial charge is 0.480 e. The first-order valence-corrected chi connectivity index (χ1v) is 5.31. The van der Waals surface area contributed by atoms with Crippen molar-refractivity contribution >= 4 is 17.3 Å². The van der Waals surface area contributed by atoms with E-state index in [1.807, 2.05) is 50.2 Å². The van der Waals surface area contributed by atoms with E-state index in [0.29, 0.717) is 6.42 Å². The van der Waals surface area contributed by atoms with Crippen LogP contribution in [0.5, 0.6) is 0 Å². The zero-order valence-electron chi connectivity index (χ0n) is 9.90. The number of nitrogens with zero attached hydrogens (tertiary/aromatic N) is 1. The fourth-order valence-electron chi connectivity index (χ4n) is 1.41. The Labute approximate surface area is 95.9 Å². The maximum Gasteiger partial charge on any atom is 0.326 e. The zero-order chi connectivity index (χ0) is 12.1. The van der Waals surface area contributed by atoms with Gasteiger partial charge in [0.05, 0.1) is 0 Å². The van der Waals surface area contributed by atoms with Gasteiger partial charge >= 0.3 is 5.97 Å². The lowest BCUT2D eigenvalue weighted by Crippen LogP contribution is -2.28. The maximum atomic E-state index is 10.9. The Balaban J connectivity index is 2.80. The van der Waals surface area contributed by atoms with Crippen molar-refractivity contribution in [2.24, 2.45) is 0 Å². The number of carboxylic acids is 1. The van der Waals surface area contributed by atoms with Gasteiger partial charge in [0.25, 0.3) is 0 Å². The zero-order valence-corrected chi connectivity index (χ0v) is 9.90. The molecule has 0 spiro atoms. The monoisotopic (exact) mass is 222 g/mol. The molecule has 0 fully saturated rings. The third-order valence-corrected chi connectivity index (χ3v) is 2.41. The Morgan fingerprint density at radius 1 is 1.50 bits per heavy atom. The van der Waals surface area contributed by atoms with Crippen LogP contribution in [-0.4, -0.2) is 31.2 Å². The molecule has 4 heteroatoms. The summed E-state index contributed by atoms with van der Waals surface area (Å²) in [7, 11) is 3.90. The molecule has 0 amide bonds. The molecule has 0 radical (unpaired) electrons. The Hall–Kier alpha value is -1.71. The van der Waals surface area contributed by atoms with Crippen LogP contribution in [0.4, 0.5) is 11.4 Å². The van der Waals surface area contributed by atoms with Gasteiger partial charge in [-0.05, 0) is 24.6 Å². The van der Waals surface area contributed by atoms with E-state index in [1.54, 1.807) is 0 Å². The van der Waals surface area contributed by atoms with Crippen LogP contribution < -0.4 is 10.2 Å². The molecular formula is C12H18N2O2. The summed E-state index contributed by atoms with van der Waals surface area (Å²) in [5.41, 5.74) is 1.88. The van der Waals surface area contributed by atoms with Crippen LogP contribution in [0, 0.1) is 0 Å². The molecule has 88 valence electrons. The first-order chi connectivity index (χ1) is 7.54. The predicted molar refractivity (Wildman–Crippen MR) is 66.1 cm³/mol. The summed E-state index contributed by atoms with van der Waals surface area (Å²) >= 11 is 0. The lowest BCUT2D eigenvalue weighted by molar-refractivity contribution is -0.137. The summed E-state index contributed by atoms with van der Waals surface area (Å²) in [6.45, 7) is 1.85. The second-order valence-electron chi connectivity index (χ2n) is 3.89. The van der Waals surface area contributed by atoms with Crippen molar-refractivity contribution in [3.8, 4) is 0 Å². The number of carboxylic acid groups (broad SMARTS) is 1. The fraction of sp³-hybridized carbons (Fsp3) is 0.417. The molecule has 0 heterocycles. The molecule has 0 aliphatic heterocycles. The molecule has 1 unspecified atom stereocenters. The highest BCUT2D eigenvalue weighted by molar-refractivity contribution is 5.77. The molecule has 0 saturated carbocycles. The Kier molecular flexibility index (Phi) is 4.17. The van der Waals surface area contributed by atoms with Gasteiger partial charge in [0.15, 0.2) is 0 Å². The van der Waals surface area contributed by atoms with Crippen molar-refractivity contribution in [1.29, 1.82) is 0 Å². The number of anilines is 2. The van der Waals surface area contributed by atoms with E-state index < -0.39 is 12.0 Å². The van der Waals surface area contributed by atoms with Crippen molar-refractivity contribution < 1.29 is 9.90 Å². The number of hydrogen-bond acceptors (Lipinski definition) is 3. The third kappa shape index (κ3) is 3.15. The van der Waals surface area contributed by atoms with Crippen LogP contribution >= 0.6 is 0 Å². The number of aliphatic carboxylic acids is 1. The normalized spacial score (nSPS) is 11.9. The molecule has 0 aromatic heterocycles. The highest BCUT2D eigenvalue weighted by Crippen LogP contribution is 2.18. The number of benzene rings is 1. The Morgan fingerprint density at radius 3 is 2.69 bits per heavy atom. The van der Waals surface area contributed by atoms with E-state index in [2.05, 4.69) is 5.32 Å². The minimum Gasteiger partial charge on any atom is -0.480 e. The molecule has 16 heavy (non-hydrogen) atoms. The first-order valence-electron chi connectivity index (χ1n) is 5.31. The van der Waals surface area contributed by atoms with Crippen LogP contribution in [-0.2, 0) is 4.79 Å². The highest BCUT2D eigenvalue weighted by Gasteiger charge is 2.14. The van der Waals surface area contributed by atoms with Crippen LogP contribution in [0.3, 0.4) is 0 Å². The summed E-state index contributed by atoms with van der Waals surface area (Å²) in [6, 6.07) is 7.17. The van der Waals surface area contributed by atoms with E-state index >= 15 is 0 Å². The maximum absolute atomic E-state index is 10.9. The van der Waals surface area contributed by atoms with Crippen LogP contribution in [0.2, 0.25) is 0 Å². The molecule has 0 aliphatic rings.